The summed E-state index contributed by atoms with van der Waals surface area (Å²) in [5, 5.41) is 11.1. The quantitative estimate of drug-likeness (QED) is 0.443. The smallest absolute Gasteiger partial charge is 0.295 e. The highest BCUT2D eigenvalue weighted by Gasteiger charge is 2.46. The van der Waals surface area contributed by atoms with Crippen molar-refractivity contribution in [3.8, 4) is 17.2 Å². The van der Waals surface area contributed by atoms with E-state index in [0.717, 1.165) is 0 Å². The summed E-state index contributed by atoms with van der Waals surface area (Å²) in [6.45, 7) is 0.531. The van der Waals surface area contributed by atoms with Crippen molar-refractivity contribution in [2.24, 2.45) is 0 Å². The molecule has 156 valence electrons. The zero-order chi connectivity index (χ0) is 21.3. The van der Waals surface area contributed by atoms with Crippen LogP contribution in [0.4, 0.5) is 0 Å². The maximum absolute atomic E-state index is 12.9. The van der Waals surface area contributed by atoms with E-state index in [2.05, 4.69) is 0 Å². The average Bonchev–Trinajstić information content (AvgIpc) is 3.34. The molecule has 30 heavy (non-hydrogen) atoms. The standard InChI is InChI=1S/C22H21NO7/c1-27-9-8-23-19(13-4-3-5-15(10-13)28-2)18(21(25)22(23)26)20(24)14-6-7-16-17(11-14)30-12-29-16/h3-7,10-11,19,24H,8-9,12H2,1-2H3/b20-18-. The minimum atomic E-state index is -0.777. The number of ketones is 1. The van der Waals surface area contributed by atoms with Crippen LogP contribution in [-0.4, -0.2) is 55.9 Å². The molecule has 0 aromatic heterocycles. The van der Waals surface area contributed by atoms with E-state index in [1.807, 2.05) is 0 Å². The predicted octanol–water partition coefficient (Wildman–Crippen LogP) is 2.49. The number of benzene rings is 2. The molecule has 2 aromatic rings. The lowest BCUT2D eigenvalue weighted by Gasteiger charge is -2.25. The lowest BCUT2D eigenvalue weighted by atomic mass is 9.95. The number of fused-ring (bicyclic) bond motifs is 1. The normalized spacial score (nSPS) is 19.4. The van der Waals surface area contributed by atoms with Gasteiger partial charge in [-0.05, 0) is 35.9 Å². The number of nitrogens with zero attached hydrogens (tertiary/aromatic N) is 1. The third kappa shape index (κ3) is 3.35. The second-order valence-electron chi connectivity index (χ2n) is 6.83. The van der Waals surface area contributed by atoms with E-state index in [1.54, 1.807) is 42.5 Å². The van der Waals surface area contributed by atoms with Gasteiger partial charge in [0.2, 0.25) is 6.79 Å². The van der Waals surface area contributed by atoms with Gasteiger partial charge in [-0.3, -0.25) is 9.59 Å². The third-order valence-electron chi connectivity index (χ3n) is 5.13. The number of amides is 1. The first-order chi connectivity index (χ1) is 14.5. The number of hydrogen-bond acceptors (Lipinski definition) is 7. The van der Waals surface area contributed by atoms with Crippen LogP contribution in [0.1, 0.15) is 17.2 Å². The molecule has 2 aliphatic rings. The van der Waals surface area contributed by atoms with Crippen molar-refractivity contribution in [2.45, 2.75) is 6.04 Å². The number of methoxy groups -OCH3 is 2. The zero-order valence-electron chi connectivity index (χ0n) is 16.6. The molecule has 4 rings (SSSR count). The topological polar surface area (TPSA) is 94.5 Å². The fraction of sp³-hybridized carbons (Fsp3) is 0.273. The van der Waals surface area contributed by atoms with Crippen molar-refractivity contribution >= 4 is 17.4 Å². The molecule has 0 saturated carbocycles. The van der Waals surface area contributed by atoms with E-state index in [9.17, 15) is 14.7 Å². The lowest BCUT2D eigenvalue weighted by Crippen LogP contribution is -2.32. The fourth-order valence-electron chi connectivity index (χ4n) is 3.66. The Morgan fingerprint density at radius 1 is 1.13 bits per heavy atom. The molecule has 0 radical (unpaired) electrons. The summed E-state index contributed by atoms with van der Waals surface area (Å²) in [5.41, 5.74) is 1.01. The second kappa shape index (κ2) is 8.08. The predicted molar refractivity (Wildman–Crippen MR) is 106 cm³/mol. The summed E-state index contributed by atoms with van der Waals surface area (Å²) >= 11 is 0. The van der Waals surface area contributed by atoms with E-state index in [-0.39, 0.29) is 31.3 Å². The minimum Gasteiger partial charge on any atom is -0.507 e. The number of carbonyl (C=O) groups excluding carboxylic acids is 2. The van der Waals surface area contributed by atoms with Crippen LogP contribution in [0.3, 0.4) is 0 Å². The molecule has 1 atom stereocenters. The minimum absolute atomic E-state index is 0.00298. The number of ether oxygens (including phenoxy) is 4. The number of aliphatic hydroxyl groups excluding tert-OH is 1. The van der Waals surface area contributed by atoms with Crippen LogP contribution in [0.15, 0.2) is 48.0 Å². The van der Waals surface area contributed by atoms with E-state index < -0.39 is 17.7 Å². The van der Waals surface area contributed by atoms with Crippen molar-refractivity contribution in [3.63, 3.8) is 0 Å². The Morgan fingerprint density at radius 3 is 2.70 bits per heavy atom. The number of carbonyl (C=O) groups is 2. The third-order valence-corrected chi connectivity index (χ3v) is 5.13. The van der Waals surface area contributed by atoms with Crippen LogP contribution in [0.5, 0.6) is 17.2 Å². The molecular weight excluding hydrogens is 390 g/mol. The Hall–Kier alpha value is -3.52. The zero-order valence-corrected chi connectivity index (χ0v) is 16.6. The monoisotopic (exact) mass is 411 g/mol. The average molecular weight is 411 g/mol. The SMILES string of the molecule is COCCN1C(=O)C(=O)/C(=C(\O)c2ccc3c(c2)OCO3)C1c1cccc(OC)c1. The number of likely N-dealkylation sites (tertiary alicyclic amines) is 1. The molecule has 2 aliphatic heterocycles. The van der Waals surface area contributed by atoms with Gasteiger partial charge in [0.1, 0.15) is 11.5 Å². The molecule has 0 aliphatic carbocycles. The highest BCUT2D eigenvalue weighted by Crippen LogP contribution is 2.41. The van der Waals surface area contributed by atoms with Crippen LogP contribution in [0, 0.1) is 0 Å². The summed E-state index contributed by atoms with van der Waals surface area (Å²) in [7, 11) is 3.05. The van der Waals surface area contributed by atoms with E-state index in [1.165, 1.54) is 19.1 Å². The molecule has 1 amide bonds. The largest absolute Gasteiger partial charge is 0.507 e. The van der Waals surface area contributed by atoms with Crippen molar-refractivity contribution in [3.05, 3.63) is 59.2 Å². The molecule has 0 bridgehead atoms. The Balaban J connectivity index is 1.85. The summed E-state index contributed by atoms with van der Waals surface area (Å²) in [6.07, 6.45) is 0. The molecule has 1 fully saturated rings. The summed E-state index contributed by atoms with van der Waals surface area (Å²) in [6, 6.07) is 11.1. The van der Waals surface area contributed by atoms with E-state index >= 15 is 0 Å². The van der Waals surface area contributed by atoms with Crippen molar-refractivity contribution in [1.29, 1.82) is 0 Å². The maximum atomic E-state index is 12.9. The van der Waals surface area contributed by atoms with Crippen molar-refractivity contribution < 1.29 is 33.6 Å². The molecular formula is C22H21NO7. The van der Waals surface area contributed by atoms with Crippen LogP contribution in [0.25, 0.3) is 5.76 Å². The van der Waals surface area contributed by atoms with Crippen LogP contribution < -0.4 is 14.2 Å². The second-order valence-corrected chi connectivity index (χ2v) is 6.83. The Kier molecular flexibility index (Phi) is 5.33. The highest BCUT2D eigenvalue weighted by molar-refractivity contribution is 6.46. The Morgan fingerprint density at radius 2 is 1.93 bits per heavy atom. The van der Waals surface area contributed by atoms with Crippen LogP contribution >= 0.6 is 0 Å². The molecule has 1 N–H and O–H groups in total. The van der Waals surface area contributed by atoms with Gasteiger partial charge in [0.15, 0.2) is 11.5 Å². The number of aliphatic hydroxyl groups is 1. The number of Topliss-reactive ketones (excluding diaryl/α,β-unsaturated/α-hetero) is 1. The fourth-order valence-corrected chi connectivity index (χ4v) is 3.66. The van der Waals surface area contributed by atoms with Crippen LogP contribution in [-0.2, 0) is 14.3 Å². The van der Waals surface area contributed by atoms with Gasteiger partial charge in [-0.15, -0.1) is 0 Å². The van der Waals surface area contributed by atoms with Crippen LogP contribution in [0.2, 0.25) is 0 Å². The van der Waals surface area contributed by atoms with Gasteiger partial charge in [0.05, 0.1) is 25.3 Å². The van der Waals surface area contributed by atoms with Gasteiger partial charge < -0.3 is 29.0 Å². The Labute approximate surface area is 173 Å². The molecule has 2 aromatic carbocycles. The van der Waals surface area contributed by atoms with E-state index in [4.69, 9.17) is 18.9 Å². The first-order valence-corrected chi connectivity index (χ1v) is 9.36. The van der Waals surface area contributed by atoms with Gasteiger partial charge in [-0.2, -0.15) is 0 Å². The summed E-state index contributed by atoms with van der Waals surface area (Å²) in [4.78, 5) is 27.1. The Bertz CT molecular complexity index is 1030. The first kappa shape index (κ1) is 19.8. The summed E-state index contributed by atoms with van der Waals surface area (Å²) in [5.74, 6) is -0.134. The molecule has 1 saturated heterocycles. The molecule has 1 unspecified atom stereocenters. The van der Waals surface area contributed by atoms with Crippen molar-refractivity contribution in [2.75, 3.05) is 34.2 Å². The van der Waals surface area contributed by atoms with Gasteiger partial charge in [0, 0.05) is 19.2 Å². The number of hydrogen-bond donors (Lipinski definition) is 1. The van der Waals surface area contributed by atoms with Crippen molar-refractivity contribution in [1.82, 2.24) is 4.90 Å². The molecule has 2 heterocycles. The lowest BCUT2D eigenvalue weighted by molar-refractivity contribution is -0.140. The molecule has 8 nitrogen and oxygen atoms in total. The van der Waals surface area contributed by atoms with Gasteiger partial charge in [0.25, 0.3) is 11.7 Å². The van der Waals surface area contributed by atoms with Gasteiger partial charge >= 0.3 is 0 Å². The highest BCUT2D eigenvalue weighted by atomic mass is 16.7. The number of rotatable bonds is 6. The van der Waals surface area contributed by atoms with Gasteiger partial charge in [-0.25, -0.2) is 0 Å². The molecule has 8 heteroatoms. The maximum Gasteiger partial charge on any atom is 0.295 e. The summed E-state index contributed by atoms with van der Waals surface area (Å²) < 4.78 is 21.1. The van der Waals surface area contributed by atoms with Gasteiger partial charge in [-0.1, -0.05) is 12.1 Å². The molecule has 0 spiro atoms. The first-order valence-electron chi connectivity index (χ1n) is 9.36. The van der Waals surface area contributed by atoms with E-state index in [0.29, 0.717) is 28.4 Å².